The van der Waals surface area contributed by atoms with E-state index in [1.807, 2.05) is 32.9 Å². The Balaban J connectivity index is 1.99. The molecular formula is C17H18BrNO3. The first-order valence-corrected chi connectivity index (χ1v) is 8.12. The van der Waals surface area contributed by atoms with Gasteiger partial charge in [-0.25, -0.2) is 0 Å². The zero-order valence-corrected chi connectivity index (χ0v) is 14.4. The van der Waals surface area contributed by atoms with Gasteiger partial charge in [0.1, 0.15) is 5.41 Å². The highest BCUT2D eigenvalue weighted by Gasteiger charge is 2.77. The first kappa shape index (κ1) is 15.4. The molecule has 1 amide bonds. The van der Waals surface area contributed by atoms with Crippen molar-refractivity contribution in [3.63, 3.8) is 0 Å². The van der Waals surface area contributed by atoms with Gasteiger partial charge in [-0.2, -0.15) is 0 Å². The van der Waals surface area contributed by atoms with Crippen LogP contribution in [0.3, 0.4) is 0 Å². The quantitative estimate of drug-likeness (QED) is 0.647. The highest BCUT2D eigenvalue weighted by Crippen LogP contribution is 2.69. The van der Waals surface area contributed by atoms with E-state index in [4.69, 9.17) is 0 Å². The van der Waals surface area contributed by atoms with Gasteiger partial charge < -0.3 is 5.32 Å². The van der Waals surface area contributed by atoms with Gasteiger partial charge in [-0.05, 0) is 42.5 Å². The van der Waals surface area contributed by atoms with Crippen LogP contribution in [0.25, 0.3) is 0 Å². The minimum Gasteiger partial charge on any atom is -0.325 e. The minimum absolute atomic E-state index is 0.362. The van der Waals surface area contributed by atoms with Gasteiger partial charge in [0.15, 0.2) is 0 Å². The highest BCUT2D eigenvalue weighted by atomic mass is 79.9. The van der Waals surface area contributed by atoms with Gasteiger partial charge in [0.25, 0.3) is 0 Å². The number of carbonyl (C=O) groups is 3. The predicted octanol–water partition coefficient (Wildman–Crippen LogP) is 3.35. The molecule has 2 bridgehead atoms. The van der Waals surface area contributed by atoms with Crippen molar-refractivity contribution in [3.05, 3.63) is 28.7 Å². The summed E-state index contributed by atoms with van der Waals surface area (Å²) in [5.74, 6) is -1.28. The molecule has 2 fully saturated rings. The molecule has 3 rings (SSSR count). The second-order valence-electron chi connectivity index (χ2n) is 6.98. The van der Waals surface area contributed by atoms with E-state index in [1.54, 1.807) is 12.1 Å². The van der Waals surface area contributed by atoms with Crippen molar-refractivity contribution in [2.24, 2.45) is 16.2 Å². The fourth-order valence-electron chi connectivity index (χ4n) is 4.04. The molecule has 5 heteroatoms. The summed E-state index contributed by atoms with van der Waals surface area (Å²) in [7, 11) is 0. The molecule has 2 atom stereocenters. The molecule has 0 heterocycles. The molecule has 116 valence electrons. The Hall–Kier alpha value is -1.49. The molecule has 0 unspecified atom stereocenters. The van der Waals surface area contributed by atoms with Gasteiger partial charge in [-0.15, -0.1) is 0 Å². The van der Waals surface area contributed by atoms with Crippen LogP contribution in [-0.2, 0) is 14.4 Å². The van der Waals surface area contributed by atoms with Crippen molar-refractivity contribution in [3.8, 4) is 0 Å². The number of anilines is 1. The van der Waals surface area contributed by atoms with Crippen LogP contribution in [-0.4, -0.2) is 17.5 Å². The Morgan fingerprint density at radius 3 is 2.14 bits per heavy atom. The standard InChI is InChI=1S/C17H18BrNO3/c1-15(2)16(3)8-9-17(15,13(21)12(16)20)14(22)19-11-6-4-10(18)5-7-11/h4-7H,8-9H2,1-3H3,(H,19,22)/t16-,17+/m1/s1. The lowest BCUT2D eigenvalue weighted by Crippen LogP contribution is -2.47. The van der Waals surface area contributed by atoms with Crippen LogP contribution in [0.1, 0.15) is 33.6 Å². The Morgan fingerprint density at radius 2 is 1.64 bits per heavy atom. The van der Waals surface area contributed by atoms with Gasteiger partial charge in [-0.1, -0.05) is 36.7 Å². The third-order valence-electron chi connectivity index (χ3n) is 6.03. The van der Waals surface area contributed by atoms with Crippen LogP contribution in [0.2, 0.25) is 0 Å². The molecule has 0 aromatic heterocycles. The second-order valence-corrected chi connectivity index (χ2v) is 7.90. The topological polar surface area (TPSA) is 63.2 Å². The number of halogens is 1. The fourth-order valence-corrected chi connectivity index (χ4v) is 4.31. The van der Waals surface area contributed by atoms with E-state index in [-0.39, 0.29) is 5.91 Å². The van der Waals surface area contributed by atoms with E-state index in [1.165, 1.54) is 0 Å². The summed E-state index contributed by atoms with van der Waals surface area (Å²) in [5.41, 5.74) is -2.03. The Labute approximate surface area is 137 Å². The lowest BCUT2D eigenvalue weighted by molar-refractivity contribution is -0.147. The maximum absolute atomic E-state index is 12.9. The molecule has 1 aromatic rings. The number of hydrogen-bond donors (Lipinski definition) is 1. The molecule has 0 aliphatic heterocycles. The average Bonchev–Trinajstić information content (AvgIpc) is 2.74. The van der Waals surface area contributed by atoms with E-state index in [9.17, 15) is 14.4 Å². The van der Waals surface area contributed by atoms with Crippen LogP contribution in [0.4, 0.5) is 5.69 Å². The number of ketones is 2. The average molecular weight is 364 g/mol. The Morgan fingerprint density at radius 1 is 1.05 bits per heavy atom. The summed E-state index contributed by atoms with van der Waals surface area (Å²) in [4.78, 5) is 37.8. The number of rotatable bonds is 2. The number of carbonyl (C=O) groups excluding carboxylic acids is 3. The summed E-state index contributed by atoms with van der Waals surface area (Å²) in [6, 6.07) is 7.17. The highest BCUT2D eigenvalue weighted by molar-refractivity contribution is 9.10. The summed E-state index contributed by atoms with van der Waals surface area (Å²) >= 11 is 3.34. The maximum atomic E-state index is 12.9. The molecule has 2 aliphatic carbocycles. The van der Waals surface area contributed by atoms with Crippen LogP contribution in [0.15, 0.2) is 28.7 Å². The van der Waals surface area contributed by atoms with E-state index in [0.29, 0.717) is 18.5 Å². The maximum Gasteiger partial charge on any atom is 0.239 e. The molecular weight excluding hydrogens is 346 g/mol. The SMILES string of the molecule is CC1(C)[C@@]2(C(=O)Nc3ccc(Br)cc3)CC[C@]1(C)C(=O)C2=O. The number of nitrogens with one attached hydrogen (secondary N) is 1. The second kappa shape index (κ2) is 4.51. The van der Waals surface area contributed by atoms with Crippen molar-refractivity contribution in [1.82, 2.24) is 0 Å². The summed E-state index contributed by atoms with van der Waals surface area (Å²) in [6.07, 6.45) is 1.02. The predicted molar refractivity (Wildman–Crippen MR) is 86.3 cm³/mol. The smallest absolute Gasteiger partial charge is 0.239 e. The van der Waals surface area contributed by atoms with Crippen LogP contribution >= 0.6 is 15.9 Å². The van der Waals surface area contributed by atoms with Crippen LogP contribution in [0, 0.1) is 16.2 Å². The monoisotopic (exact) mass is 363 g/mol. The summed E-state index contributed by atoms with van der Waals surface area (Å²) in [5, 5.41) is 2.82. The molecule has 4 nitrogen and oxygen atoms in total. The zero-order chi connectivity index (χ0) is 16.3. The lowest BCUT2D eigenvalue weighted by Gasteiger charge is -2.37. The van der Waals surface area contributed by atoms with Crippen molar-refractivity contribution < 1.29 is 14.4 Å². The normalized spacial score (nSPS) is 32.4. The number of fused-ring (bicyclic) bond motifs is 2. The zero-order valence-electron chi connectivity index (χ0n) is 12.8. The van der Waals surface area contributed by atoms with Crippen molar-refractivity contribution >= 4 is 39.1 Å². The lowest BCUT2D eigenvalue weighted by atomic mass is 9.64. The Kier molecular flexibility index (Phi) is 3.16. The molecule has 2 aliphatic rings. The molecule has 1 aromatic carbocycles. The third kappa shape index (κ3) is 1.60. The van der Waals surface area contributed by atoms with E-state index < -0.39 is 27.8 Å². The van der Waals surface area contributed by atoms with Gasteiger partial charge in [0.05, 0.1) is 0 Å². The van der Waals surface area contributed by atoms with E-state index >= 15 is 0 Å². The number of hydrogen-bond acceptors (Lipinski definition) is 3. The molecule has 1 N–H and O–H groups in total. The van der Waals surface area contributed by atoms with Gasteiger partial charge >= 0.3 is 0 Å². The van der Waals surface area contributed by atoms with Crippen LogP contribution in [0.5, 0.6) is 0 Å². The van der Waals surface area contributed by atoms with Gasteiger partial charge in [0.2, 0.25) is 17.5 Å². The number of Topliss-reactive ketones (excluding diaryl/α,β-unsaturated/α-hetero) is 2. The first-order chi connectivity index (χ1) is 10.2. The van der Waals surface area contributed by atoms with Gasteiger partial charge in [-0.3, -0.25) is 14.4 Å². The Bertz CT molecular complexity index is 694. The van der Waals surface area contributed by atoms with Gasteiger partial charge in [0, 0.05) is 15.6 Å². The first-order valence-electron chi connectivity index (χ1n) is 7.33. The third-order valence-corrected chi connectivity index (χ3v) is 6.56. The van der Waals surface area contributed by atoms with Crippen molar-refractivity contribution in [2.45, 2.75) is 33.6 Å². The minimum atomic E-state index is -1.24. The summed E-state index contributed by atoms with van der Waals surface area (Å²) in [6.45, 7) is 5.54. The van der Waals surface area contributed by atoms with Crippen molar-refractivity contribution in [1.29, 1.82) is 0 Å². The fraction of sp³-hybridized carbons (Fsp3) is 0.471. The van der Waals surface area contributed by atoms with E-state index in [0.717, 1.165) is 4.47 Å². The van der Waals surface area contributed by atoms with Crippen molar-refractivity contribution in [2.75, 3.05) is 5.32 Å². The largest absolute Gasteiger partial charge is 0.325 e. The summed E-state index contributed by atoms with van der Waals surface area (Å²) < 4.78 is 0.907. The molecule has 0 spiro atoms. The number of benzene rings is 1. The van der Waals surface area contributed by atoms with Crippen LogP contribution < -0.4 is 5.32 Å². The number of amides is 1. The molecule has 0 saturated heterocycles. The molecule has 22 heavy (non-hydrogen) atoms. The molecule has 0 radical (unpaired) electrons. The molecule has 2 saturated carbocycles. The van der Waals surface area contributed by atoms with E-state index in [2.05, 4.69) is 21.2 Å².